The molecule has 0 unspecified atom stereocenters. The Morgan fingerprint density at radius 1 is 0.707 bits per heavy atom. The minimum atomic E-state index is -0.923. The van der Waals surface area contributed by atoms with Gasteiger partial charge < -0.3 is 19.8 Å². The van der Waals surface area contributed by atoms with Crippen LogP contribution >= 0.6 is 11.6 Å². The smallest absolute Gasteiger partial charge is 0.407 e. The normalized spacial score (nSPS) is 12.8. The quantitative estimate of drug-likeness (QED) is 0.0773. The molecule has 58 heavy (non-hydrogen) atoms. The lowest BCUT2D eigenvalue weighted by Gasteiger charge is -2.22. The molecule has 0 saturated heterocycles. The summed E-state index contributed by atoms with van der Waals surface area (Å²) in [4.78, 5) is 44.2. The number of Topliss-reactive ketones (excluding diaryl/α,β-unsaturated/α-hetero) is 1. The third-order valence-electron chi connectivity index (χ3n) is 10.4. The summed E-state index contributed by atoms with van der Waals surface area (Å²) >= 11 is 6.90. The Bertz CT molecular complexity index is 2580. The largest absolute Gasteiger partial charge is 0.456 e. The topological polar surface area (TPSA) is 97.5 Å². The Morgan fingerprint density at radius 2 is 1.29 bits per heavy atom. The van der Waals surface area contributed by atoms with Gasteiger partial charge in [-0.15, -0.1) is 0 Å². The number of aromatic amines is 1. The summed E-state index contributed by atoms with van der Waals surface area (Å²) in [7, 11) is 0. The van der Waals surface area contributed by atoms with Crippen molar-refractivity contribution in [1.82, 2.24) is 10.3 Å². The first-order valence-corrected chi connectivity index (χ1v) is 19.7. The molecule has 8 rings (SSSR count). The monoisotopic (exact) mass is 785 g/mol. The number of benzene rings is 6. The summed E-state index contributed by atoms with van der Waals surface area (Å²) in [5, 5.41) is 4.29. The van der Waals surface area contributed by atoms with Gasteiger partial charge in [-0.2, -0.15) is 0 Å². The Balaban J connectivity index is 1.06. The maximum atomic E-state index is 14.5. The van der Waals surface area contributed by atoms with Crippen LogP contribution in [-0.2, 0) is 15.9 Å². The molecule has 1 aliphatic carbocycles. The number of H-pyrrole nitrogens is 1. The number of aromatic nitrogens is 1. The molecule has 0 fully saturated rings. The van der Waals surface area contributed by atoms with E-state index in [2.05, 4.69) is 34.6 Å². The van der Waals surface area contributed by atoms with E-state index < -0.39 is 23.7 Å². The molecule has 0 aliphatic heterocycles. The number of ether oxygens (including phenoxy) is 2. The highest BCUT2D eigenvalue weighted by atomic mass is 35.5. The number of para-hydroxylation sites is 1. The van der Waals surface area contributed by atoms with Gasteiger partial charge in [0, 0.05) is 40.0 Å². The lowest BCUT2D eigenvalue weighted by molar-refractivity contribution is 0.00693. The van der Waals surface area contributed by atoms with Gasteiger partial charge in [-0.3, -0.25) is 4.79 Å². The number of carbonyl (C=O) groups is 3. The fraction of sp³-hybridized carbons (Fsp3) is 0.160. The van der Waals surface area contributed by atoms with Gasteiger partial charge in [0.1, 0.15) is 12.2 Å². The van der Waals surface area contributed by atoms with E-state index >= 15 is 0 Å². The fourth-order valence-corrected chi connectivity index (χ4v) is 8.05. The molecule has 7 aromatic rings. The molecule has 0 spiro atoms. The Labute approximate surface area is 343 Å². The fourth-order valence-electron chi connectivity index (χ4n) is 7.78. The van der Waals surface area contributed by atoms with Crippen LogP contribution in [0.4, 0.5) is 4.79 Å². The zero-order chi connectivity index (χ0) is 40.4. The zero-order valence-corrected chi connectivity index (χ0v) is 33.2. The first kappa shape index (κ1) is 38.4. The van der Waals surface area contributed by atoms with Gasteiger partial charge in [-0.1, -0.05) is 139 Å². The highest BCUT2D eigenvalue weighted by molar-refractivity contribution is 6.32. The van der Waals surface area contributed by atoms with Crippen LogP contribution in [0.15, 0.2) is 152 Å². The van der Waals surface area contributed by atoms with Crippen LogP contribution in [0, 0.1) is 5.92 Å². The van der Waals surface area contributed by atoms with Crippen molar-refractivity contribution in [3.8, 4) is 11.1 Å². The minimum absolute atomic E-state index is 0.120. The van der Waals surface area contributed by atoms with Crippen molar-refractivity contribution in [3.05, 3.63) is 207 Å². The predicted molar refractivity (Wildman–Crippen MR) is 228 cm³/mol. The van der Waals surface area contributed by atoms with Crippen molar-refractivity contribution in [2.75, 3.05) is 6.61 Å². The standard InChI is InChI=1S/C50H42ClN2O5/c1-50(2,3)58-48(55)34-25-26-41(43(51)27-34)46(31-13-5-4-6-14-31)32-21-23-33(24-22-32)47(54)45(28-35-29-52-44-20-12-11-15-36(35)44)53-49(56)57-30-42-39-18-9-7-16-37(39)38-17-8-10-19-40(38)42/h4-27,29,42,45,52H,28,30H2,1-3H3,(H,53,56)/t45-/m0/s1. The number of nitrogens with one attached hydrogen (secondary N) is 2. The second-order valence-electron chi connectivity index (χ2n) is 15.5. The van der Waals surface area contributed by atoms with Crippen molar-refractivity contribution in [2.24, 2.45) is 0 Å². The molecular formula is C50H42ClN2O5. The van der Waals surface area contributed by atoms with Crippen molar-refractivity contribution >= 4 is 40.3 Å². The van der Waals surface area contributed by atoms with E-state index in [1.807, 2.05) is 124 Å². The van der Waals surface area contributed by atoms with Gasteiger partial charge in [0.25, 0.3) is 0 Å². The molecule has 1 aliphatic rings. The first-order chi connectivity index (χ1) is 28.0. The highest BCUT2D eigenvalue weighted by Gasteiger charge is 2.31. The Hall–Kier alpha value is -6.44. The van der Waals surface area contributed by atoms with E-state index in [0.717, 1.165) is 55.8 Å². The number of rotatable bonds is 11. The lowest BCUT2D eigenvalue weighted by atomic mass is 9.84. The van der Waals surface area contributed by atoms with E-state index in [4.69, 9.17) is 21.1 Å². The summed E-state index contributed by atoms with van der Waals surface area (Å²) in [6.45, 7) is 5.58. The van der Waals surface area contributed by atoms with Crippen LogP contribution < -0.4 is 5.32 Å². The predicted octanol–water partition coefficient (Wildman–Crippen LogP) is 11.1. The van der Waals surface area contributed by atoms with E-state index in [0.29, 0.717) is 21.7 Å². The van der Waals surface area contributed by atoms with Gasteiger partial charge in [-0.25, -0.2) is 9.59 Å². The number of amides is 1. The number of hydrogen-bond donors (Lipinski definition) is 2. The van der Waals surface area contributed by atoms with Crippen LogP contribution in [0.1, 0.15) is 80.8 Å². The van der Waals surface area contributed by atoms with Crippen LogP contribution in [0.2, 0.25) is 5.02 Å². The third-order valence-corrected chi connectivity index (χ3v) is 10.8. The Kier molecular flexibility index (Phi) is 10.7. The van der Waals surface area contributed by atoms with E-state index in [-0.39, 0.29) is 24.7 Å². The molecule has 2 N–H and O–H groups in total. The van der Waals surface area contributed by atoms with E-state index in [1.165, 1.54) is 0 Å². The maximum absolute atomic E-state index is 14.5. The molecule has 1 atom stereocenters. The molecule has 8 heteroatoms. The molecule has 0 saturated carbocycles. The molecule has 1 aromatic heterocycles. The third kappa shape index (κ3) is 8.04. The Morgan fingerprint density at radius 3 is 1.97 bits per heavy atom. The number of alkyl carbamates (subject to hydrolysis) is 1. The van der Waals surface area contributed by atoms with Crippen molar-refractivity contribution in [1.29, 1.82) is 0 Å². The minimum Gasteiger partial charge on any atom is -0.456 e. The van der Waals surface area contributed by atoms with Gasteiger partial charge in [0.15, 0.2) is 5.78 Å². The first-order valence-electron chi connectivity index (χ1n) is 19.3. The molecule has 1 heterocycles. The number of fused-ring (bicyclic) bond motifs is 4. The summed E-state index contributed by atoms with van der Waals surface area (Å²) in [5.74, 6) is -0.0108. The van der Waals surface area contributed by atoms with Gasteiger partial charge in [0.05, 0.1) is 17.5 Å². The summed E-state index contributed by atoms with van der Waals surface area (Å²) in [5.41, 5.74) is 8.88. The molecule has 1 amide bonds. The average Bonchev–Trinajstić information content (AvgIpc) is 3.78. The van der Waals surface area contributed by atoms with Crippen molar-refractivity contribution in [3.63, 3.8) is 0 Å². The molecule has 0 bridgehead atoms. The molecule has 1 radical (unpaired) electrons. The number of ketones is 1. The molecule has 7 nitrogen and oxygen atoms in total. The maximum Gasteiger partial charge on any atom is 0.407 e. The second-order valence-corrected chi connectivity index (χ2v) is 15.9. The number of hydrogen-bond acceptors (Lipinski definition) is 5. The summed E-state index contributed by atoms with van der Waals surface area (Å²) < 4.78 is 11.5. The lowest BCUT2D eigenvalue weighted by Crippen LogP contribution is -2.43. The van der Waals surface area contributed by atoms with E-state index in [9.17, 15) is 14.4 Å². The van der Waals surface area contributed by atoms with Crippen LogP contribution in [0.5, 0.6) is 0 Å². The number of halogens is 1. The van der Waals surface area contributed by atoms with Gasteiger partial charge in [0.2, 0.25) is 0 Å². The number of carbonyl (C=O) groups excluding carboxylic acids is 3. The van der Waals surface area contributed by atoms with Crippen molar-refractivity contribution < 1.29 is 23.9 Å². The van der Waals surface area contributed by atoms with Gasteiger partial charge >= 0.3 is 12.1 Å². The second kappa shape index (κ2) is 16.2. The van der Waals surface area contributed by atoms with Crippen molar-refractivity contribution in [2.45, 2.75) is 44.8 Å². The molecule has 289 valence electrons. The SMILES string of the molecule is CC(C)(C)OC(=O)c1ccc([C](c2ccccc2)c2ccc(C(=O)[C@H](Cc3c[nH]c4ccccc34)NC(=O)OCC3c4ccccc4-c4ccccc43)cc2)c(Cl)c1. The highest BCUT2D eigenvalue weighted by Crippen LogP contribution is 2.44. The van der Waals surface area contributed by atoms with Gasteiger partial charge in [-0.05, 0) is 83.5 Å². The van der Waals surface area contributed by atoms with E-state index in [1.54, 1.807) is 24.3 Å². The summed E-state index contributed by atoms with van der Waals surface area (Å²) in [6.07, 6.45) is 1.46. The average molecular weight is 786 g/mol. The van der Waals surface area contributed by atoms with Crippen LogP contribution in [0.3, 0.4) is 0 Å². The van der Waals surface area contributed by atoms with Crippen LogP contribution in [-0.4, -0.2) is 41.1 Å². The molecular weight excluding hydrogens is 744 g/mol. The summed E-state index contributed by atoms with van der Waals surface area (Å²) in [6, 6.07) is 45.5. The molecule has 6 aromatic carbocycles. The van der Waals surface area contributed by atoms with Crippen LogP contribution in [0.25, 0.3) is 22.0 Å². The zero-order valence-electron chi connectivity index (χ0n) is 32.4. The number of esters is 1.